The average molecular weight is 855 g/mol. The summed E-state index contributed by atoms with van der Waals surface area (Å²) in [4.78, 5) is 52.4. The van der Waals surface area contributed by atoms with Gasteiger partial charge in [0.1, 0.15) is 41.8 Å². The fourth-order valence-electron chi connectivity index (χ4n) is 4.78. The number of carbonyl (C=O) groups is 3. The molecule has 0 atom stereocenters. The molecule has 1 fully saturated rings. The molecule has 1 saturated heterocycles. The van der Waals surface area contributed by atoms with Crippen LogP contribution in [0.5, 0.6) is 5.75 Å². The maximum atomic E-state index is 11.5. The highest BCUT2D eigenvalue weighted by Crippen LogP contribution is 2.27. The van der Waals surface area contributed by atoms with Crippen LogP contribution < -0.4 is 9.64 Å². The van der Waals surface area contributed by atoms with Crippen molar-refractivity contribution < 1.29 is 19.1 Å². The topological polar surface area (TPSA) is 163 Å². The summed E-state index contributed by atoms with van der Waals surface area (Å²) < 4.78 is 6.05. The molecule has 16 heteroatoms. The van der Waals surface area contributed by atoms with Gasteiger partial charge < -0.3 is 9.64 Å². The molecule has 2 aromatic heterocycles. The van der Waals surface area contributed by atoms with Gasteiger partial charge in [-0.1, -0.05) is 48.0 Å². The van der Waals surface area contributed by atoms with Gasteiger partial charge in [-0.05, 0) is 58.5 Å². The van der Waals surface area contributed by atoms with Gasteiger partial charge in [-0.3, -0.25) is 14.4 Å². The Labute approximate surface area is 338 Å². The molecule has 1 aliphatic heterocycles. The van der Waals surface area contributed by atoms with Crippen molar-refractivity contribution in [2.45, 2.75) is 45.1 Å². The predicted octanol–water partition coefficient (Wildman–Crippen LogP) is 6.49. The molecule has 2 aromatic carbocycles. The van der Waals surface area contributed by atoms with Crippen LogP contribution in [0.25, 0.3) is 0 Å². The number of thiol groups is 3. The number of rotatable bonds is 13. The van der Waals surface area contributed by atoms with Gasteiger partial charge in [-0.2, -0.15) is 48.4 Å². The van der Waals surface area contributed by atoms with Gasteiger partial charge in [0, 0.05) is 43.0 Å². The summed E-state index contributed by atoms with van der Waals surface area (Å²) >= 11 is 21.0. The van der Waals surface area contributed by atoms with Gasteiger partial charge in [0.15, 0.2) is 4.73 Å². The highest BCUT2D eigenvalue weighted by Gasteiger charge is 2.17. The Morgan fingerprint density at radius 3 is 1.91 bits per heavy atom. The first-order valence-electron chi connectivity index (χ1n) is 16.4. The Balaban J connectivity index is 0.000000218. The number of hydrogen-bond donors (Lipinski definition) is 3. The highest BCUT2D eigenvalue weighted by molar-refractivity contribution is 9.10. The van der Waals surface area contributed by atoms with Crippen LogP contribution in [0.4, 0.5) is 5.95 Å². The van der Waals surface area contributed by atoms with E-state index in [0.29, 0.717) is 57.0 Å². The van der Waals surface area contributed by atoms with Gasteiger partial charge in [-0.25, -0.2) is 19.9 Å². The van der Waals surface area contributed by atoms with Crippen molar-refractivity contribution in [3.63, 3.8) is 0 Å². The standard InChI is InChI=1S/C16H15ClO2S.C13H16N4OS.C8H6BrN3OS/c17-15-9-13(8-14(18)11-20)6-7-16(15)19-10-12-4-2-1-3-5-12;14-7-10-8-15-13(17-4-2-1-3-5-17)16-12(10)6-11(18)9-19;9-8-11-3-5(2-10)7(12-8)1-6(13)4-14/h1-7,9,20H,8,10-11H2;8,19H,1-6,9H2;3,14H,1,4H2. The number of ether oxygens (including phenoxy) is 1. The SMILES string of the molecule is N#Cc1cnc(Br)nc1CC(=O)CS.N#Cc1cnc(N2CCCCC2)nc1CC(=O)CS.O=C(CS)Cc1ccc(OCc2ccccc2)c(Cl)c1. The van der Waals surface area contributed by atoms with Crippen LogP contribution in [0.15, 0.2) is 65.7 Å². The fraction of sp³-hybridized carbons (Fsp3) is 0.324. The molecule has 0 saturated carbocycles. The van der Waals surface area contributed by atoms with Crippen molar-refractivity contribution in [2.75, 3.05) is 35.2 Å². The molecule has 5 rings (SSSR count). The zero-order chi connectivity index (χ0) is 38.6. The number of Topliss-reactive ketones (excluding diaryl/α,β-unsaturated/α-hetero) is 3. The Morgan fingerprint density at radius 1 is 0.774 bits per heavy atom. The summed E-state index contributed by atoms with van der Waals surface area (Å²) in [5, 5.41) is 18.3. The summed E-state index contributed by atoms with van der Waals surface area (Å²) in [6, 6.07) is 19.3. The number of aromatic nitrogens is 4. The molecule has 0 spiro atoms. The summed E-state index contributed by atoms with van der Waals surface area (Å²) in [7, 11) is 0. The van der Waals surface area contributed by atoms with Crippen LogP contribution in [0, 0.1) is 22.7 Å². The number of carbonyl (C=O) groups excluding carboxylic acids is 3. The van der Waals surface area contributed by atoms with E-state index >= 15 is 0 Å². The second-order valence-corrected chi connectivity index (χ2v) is 13.5. The summed E-state index contributed by atoms with van der Waals surface area (Å²) in [5.41, 5.74) is 3.60. The summed E-state index contributed by atoms with van der Waals surface area (Å²) in [6.45, 7) is 2.34. The predicted molar refractivity (Wildman–Crippen MR) is 217 cm³/mol. The van der Waals surface area contributed by atoms with Crippen LogP contribution in [-0.4, -0.2) is 67.6 Å². The molecular weight excluding hydrogens is 818 g/mol. The molecule has 0 N–H and O–H groups in total. The molecule has 53 heavy (non-hydrogen) atoms. The molecule has 3 heterocycles. The Morgan fingerprint density at radius 2 is 1.34 bits per heavy atom. The lowest BCUT2D eigenvalue weighted by Crippen LogP contribution is -2.31. The molecule has 4 aromatic rings. The number of benzene rings is 2. The van der Waals surface area contributed by atoms with E-state index in [1.807, 2.05) is 48.5 Å². The molecular formula is C37H37BrClN7O4S3. The van der Waals surface area contributed by atoms with Crippen molar-refractivity contribution >= 4 is 88.7 Å². The summed E-state index contributed by atoms with van der Waals surface area (Å²) in [6.07, 6.45) is 7.02. The van der Waals surface area contributed by atoms with Gasteiger partial charge in [-0.15, -0.1) is 0 Å². The number of nitriles is 2. The van der Waals surface area contributed by atoms with Gasteiger partial charge in [0.2, 0.25) is 5.95 Å². The van der Waals surface area contributed by atoms with E-state index in [1.54, 1.807) is 12.1 Å². The van der Waals surface area contributed by atoms with E-state index in [-0.39, 0.29) is 47.4 Å². The second kappa shape index (κ2) is 23.6. The number of piperidine rings is 1. The monoisotopic (exact) mass is 853 g/mol. The highest BCUT2D eigenvalue weighted by atomic mass is 79.9. The van der Waals surface area contributed by atoms with Crippen LogP contribution in [0.3, 0.4) is 0 Å². The molecule has 0 amide bonds. The molecule has 0 bridgehead atoms. The lowest BCUT2D eigenvalue weighted by Gasteiger charge is -2.26. The van der Waals surface area contributed by atoms with Crippen molar-refractivity contribution in [2.24, 2.45) is 0 Å². The minimum absolute atomic E-state index is 0.0388. The van der Waals surface area contributed by atoms with Gasteiger partial charge in [0.05, 0.1) is 46.6 Å². The first kappa shape index (κ1) is 43.4. The Bertz CT molecular complexity index is 1940. The van der Waals surface area contributed by atoms with E-state index in [2.05, 4.69) is 78.7 Å². The van der Waals surface area contributed by atoms with E-state index in [4.69, 9.17) is 26.9 Å². The van der Waals surface area contributed by atoms with E-state index < -0.39 is 0 Å². The molecule has 0 aliphatic carbocycles. The molecule has 11 nitrogen and oxygen atoms in total. The first-order valence-corrected chi connectivity index (χ1v) is 19.4. The van der Waals surface area contributed by atoms with Gasteiger partial charge >= 0.3 is 0 Å². The first-order chi connectivity index (χ1) is 25.6. The van der Waals surface area contributed by atoms with Crippen LogP contribution in [0.2, 0.25) is 5.02 Å². The molecule has 0 radical (unpaired) electrons. The third-order valence-electron chi connectivity index (χ3n) is 7.47. The smallest absolute Gasteiger partial charge is 0.225 e. The largest absolute Gasteiger partial charge is 0.487 e. The molecule has 0 unspecified atom stereocenters. The third kappa shape index (κ3) is 15.1. The maximum Gasteiger partial charge on any atom is 0.225 e. The average Bonchev–Trinajstić information content (AvgIpc) is 3.18. The Hall–Kier alpha value is -3.99. The number of halogens is 2. The van der Waals surface area contributed by atoms with Crippen molar-refractivity contribution in [3.05, 3.63) is 104 Å². The van der Waals surface area contributed by atoms with Crippen molar-refractivity contribution in [3.8, 4) is 17.9 Å². The molecule has 276 valence electrons. The molecule has 1 aliphatic rings. The van der Waals surface area contributed by atoms with Crippen LogP contribution >= 0.6 is 65.4 Å². The van der Waals surface area contributed by atoms with E-state index in [9.17, 15) is 14.4 Å². The van der Waals surface area contributed by atoms with Crippen molar-refractivity contribution in [1.29, 1.82) is 10.5 Å². The summed E-state index contributed by atoms with van der Waals surface area (Å²) in [5.74, 6) is 1.75. The van der Waals surface area contributed by atoms with E-state index in [1.165, 1.54) is 18.8 Å². The number of hydrogen-bond acceptors (Lipinski definition) is 14. The maximum absolute atomic E-state index is 11.5. The van der Waals surface area contributed by atoms with Gasteiger partial charge in [0.25, 0.3) is 0 Å². The quantitative estimate of drug-likeness (QED) is 0.0996. The normalized spacial score (nSPS) is 11.8. The Kier molecular flexibility index (Phi) is 19.4. The van der Waals surface area contributed by atoms with Crippen LogP contribution in [-0.2, 0) is 40.3 Å². The lowest BCUT2D eigenvalue weighted by molar-refractivity contribution is -0.116. The number of anilines is 1. The number of nitrogens with zero attached hydrogens (tertiary/aromatic N) is 7. The lowest BCUT2D eigenvalue weighted by atomic mass is 10.1. The minimum Gasteiger partial charge on any atom is -0.487 e. The second-order valence-electron chi connectivity index (χ2n) is 11.5. The zero-order valence-electron chi connectivity index (χ0n) is 28.6. The zero-order valence-corrected chi connectivity index (χ0v) is 33.6. The van der Waals surface area contributed by atoms with E-state index in [0.717, 1.165) is 37.1 Å². The van der Waals surface area contributed by atoms with Crippen molar-refractivity contribution in [1.82, 2.24) is 19.9 Å². The van der Waals surface area contributed by atoms with Crippen LogP contribution in [0.1, 0.15) is 52.9 Å². The number of ketones is 3. The minimum atomic E-state index is -0.0737. The fourth-order valence-corrected chi connectivity index (χ4v) is 5.69. The third-order valence-corrected chi connectivity index (χ3v) is 9.20.